The van der Waals surface area contributed by atoms with Gasteiger partial charge in [-0.2, -0.15) is 0 Å². The lowest BCUT2D eigenvalue weighted by Crippen LogP contribution is -2.51. The van der Waals surface area contributed by atoms with Crippen LogP contribution in [0.2, 0.25) is 0 Å². The van der Waals surface area contributed by atoms with Crippen LogP contribution in [0.15, 0.2) is 36.7 Å². The molecule has 1 atom stereocenters. The van der Waals surface area contributed by atoms with E-state index in [1.807, 2.05) is 26.8 Å². The van der Waals surface area contributed by atoms with Crippen LogP contribution in [-0.4, -0.2) is 48.8 Å². The van der Waals surface area contributed by atoms with E-state index in [4.69, 9.17) is 0 Å². The Labute approximate surface area is 171 Å². The Morgan fingerprint density at radius 3 is 2.40 bits per heavy atom. The Morgan fingerprint density at radius 1 is 1.23 bits per heavy atom. The van der Waals surface area contributed by atoms with Crippen LogP contribution in [0.25, 0.3) is 11.3 Å². The molecule has 1 aliphatic carbocycles. The molecule has 0 saturated carbocycles. The second kappa shape index (κ2) is 8.00. The lowest BCUT2D eigenvalue weighted by molar-refractivity contribution is -0.274. The number of rotatable bonds is 4. The summed E-state index contributed by atoms with van der Waals surface area (Å²) >= 11 is 0. The summed E-state index contributed by atoms with van der Waals surface area (Å²) < 4.78 is 42.1. The van der Waals surface area contributed by atoms with Crippen molar-refractivity contribution in [2.24, 2.45) is 0 Å². The number of halogens is 3. The van der Waals surface area contributed by atoms with Crippen molar-refractivity contribution >= 4 is 11.7 Å². The summed E-state index contributed by atoms with van der Waals surface area (Å²) in [6, 6.07) is 5.22. The van der Waals surface area contributed by atoms with Crippen molar-refractivity contribution in [3.8, 4) is 11.4 Å². The van der Waals surface area contributed by atoms with Crippen molar-refractivity contribution in [3.05, 3.63) is 42.5 Å². The molecule has 1 aromatic carbocycles. The smallest absolute Gasteiger partial charge is 0.465 e. The normalized spacial score (nSPS) is 17.4. The highest BCUT2D eigenvalue weighted by molar-refractivity contribution is 5.67. The Bertz CT molecular complexity index is 930. The lowest BCUT2D eigenvalue weighted by Gasteiger charge is -2.40. The van der Waals surface area contributed by atoms with Gasteiger partial charge in [0, 0.05) is 11.6 Å². The summed E-state index contributed by atoms with van der Waals surface area (Å²) in [4.78, 5) is 17.4. The van der Waals surface area contributed by atoms with Crippen molar-refractivity contribution < 1.29 is 27.8 Å². The third kappa shape index (κ3) is 5.11. The Hall–Kier alpha value is -3.04. The molecule has 1 unspecified atom stereocenters. The van der Waals surface area contributed by atoms with E-state index >= 15 is 0 Å². The first kappa shape index (κ1) is 21.7. The first-order valence-corrected chi connectivity index (χ1v) is 9.43. The minimum Gasteiger partial charge on any atom is -0.465 e. The monoisotopic (exact) mass is 424 g/mol. The molecule has 1 aliphatic rings. The van der Waals surface area contributed by atoms with Crippen LogP contribution < -0.4 is 4.74 Å². The third-order valence-electron chi connectivity index (χ3n) is 4.79. The van der Waals surface area contributed by atoms with E-state index in [-0.39, 0.29) is 11.8 Å². The van der Waals surface area contributed by atoms with Crippen LogP contribution in [0, 0.1) is 0 Å². The molecule has 0 radical (unpaired) electrons. The van der Waals surface area contributed by atoms with Gasteiger partial charge in [-0.3, -0.25) is 0 Å². The number of nitrogens with zero attached hydrogens (tertiary/aromatic N) is 4. The Balaban J connectivity index is 1.71. The predicted molar refractivity (Wildman–Crippen MR) is 103 cm³/mol. The maximum Gasteiger partial charge on any atom is 0.573 e. The number of alkyl halides is 3. The van der Waals surface area contributed by atoms with Crippen molar-refractivity contribution in [2.75, 3.05) is 0 Å². The summed E-state index contributed by atoms with van der Waals surface area (Å²) in [7, 11) is 0. The number of benzene rings is 1. The van der Waals surface area contributed by atoms with Gasteiger partial charge in [0.2, 0.25) is 0 Å². The van der Waals surface area contributed by atoms with Gasteiger partial charge in [0.1, 0.15) is 12.1 Å². The summed E-state index contributed by atoms with van der Waals surface area (Å²) in [5.41, 5.74) is 0.965. The fourth-order valence-corrected chi connectivity index (χ4v) is 3.58. The molecule has 0 bridgehead atoms. The topological polar surface area (TPSA) is 80.5 Å². The van der Waals surface area contributed by atoms with Gasteiger partial charge in [0.15, 0.2) is 5.82 Å². The van der Waals surface area contributed by atoms with E-state index in [1.54, 1.807) is 0 Å². The zero-order valence-corrected chi connectivity index (χ0v) is 16.8. The zero-order valence-electron chi connectivity index (χ0n) is 16.8. The molecule has 0 fully saturated rings. The average Bonchev–Trinajstić information content (AvgIpc) is 3.10. The number of amides is 1. The van der Waals surface area contributed by atoms with E-state index in [0.717, 1.165) is 5.57 Å². The molecule has 7 nitrogen and oxygen atoms in total. The number of carboxylic acid groups (broad SMARTS) is 1. The molecule has 1 N–H and O–H groups in total. The number of aromatic nitrogens is 3. The number of allylic oxidation sites excluding steroid dienone is 1. The standard InChI is InChI=1S/C20H23F3N4O3/c1-19(2,3)27(18(28)29)15-6-4-13(5-7-15)17-24-12-26(25-17)14-8-10-16(11-9-14)30-20(21,22)23/h4,8-12,15H,5-7H2,1-3H3,(H,28,29). The van der Waals surface area contributed by atoms with E-state index < -0.39 is 18.0 Å². The number of carbonyl (C=O) groups is 1. The molecule has 3 rings (SSSR count). The van der Waals surface area contributed by atoms with Crippen LogP contribution in [0.5, 0.6) is 5.75 Å². The van der Waals surface area contributed by atoms with Gasteiger partial charge in [-0.25, -0.2) is 14.5 Å². The third-order valence-corrected chi connectivity index (χ3v) is 4.79. The number of hydrogen-bond acceptors (Lipinski definition) is 4. The molecule has 162 valence electrons. The zero-order chi connectivity index (χ0) is 22.1. The predicted octanol–water partition coefficient (Wildman–Crippen LogP) is 4.88. The molecule has 2 aromatic rings. The molecule has 1 amide bonds. The highest BCUT2D eigenvalue weighted by atomic mass is 19.4. The summed E-state index contributed by atoms with van der Waals surface area (Å²) in [5, 5.41) is 14.0. The van der Waals surface area contributed by atoms with E-state index in [2.05, 4.69) is 14.8 Å². The van der Waals surface area contributed by atoms with Crippen LogP contribution in [0.1, 0.15) is 45.9 Å². The quantitative estimate of drug-likeness (QED) is 0.757. The van der Waals surface area contributed by atoms with Gasteiger partial charge in [0.05, 0.1) is 5.69 Å². The van der Waals surface area contributed by atoms with Crippen molar-refractivity contribution in [2.45, 2.75) is 58.0 Å². The van der Waals surface area contributed by atoms with E-state index in [9.17, 15) is 23.1 Å². The molecule has 0 aliphatic heterocycles. The summed E-state index contributed by atoms with van der Waals surface area (Å²) in [6.45, 7) is 5.61. The van der Waals surface area contributed by atoms with Gasteiger partial charge < -0.3 is 14.7 Å². The van der Waals surface area contributed by atoms with E-state index in [1.165, 1.54) is 40.2 Å². The molecule has 1 heterocycles. The van der Waals surface area contributed by atoms with Crippen LogP contribution >= 0.6 is 0 Å². The molecule has 10 heteroatoms. The molecule has 30 heavy (non-hydrogen) atoms. The number of hydrogen-bond donors (Lipinski definition) is 1. The second-order valence-electron chi connectivity index (χ2n) is 8.04. The summed E-state index contributed by atoms with van der Waals surface area (Å²) in [6.07, 6.45) is -0.380. The van der Waals surface area contributed by atoms with Crippen molar-refractivity contribution in [1.82, 2.24) is 19.7 Å². The SMILES string of the molecule is CC(C)(C)N(C(=O)O)C1CC=C(c2ncn(-c3ccc(OC(F)(F)F)cc3)n2)CC1. The fourth-order valence-electron chi connectivity index (χ4n) is 3.58. The molecular weight excluding hydrogens is 401 g/mol. The van der Waals surface area contributed by atoms with Crippen LogP contribution in [0.4, 0.5) is 18.0 Å². The van der Waals surface area contributed by atoms with Gasteiger partial charge >= 0.3 is 12.5 Å². The maximum absolute atomic E-state index is 12.3. The highest BCUT2D eigenvalue weighted by Crippen LogP contribution is 2.31. The van der Waals surface area contributed by atoms with E-state index in [0.29, 0.717) is 30.8 Å². The van der Waals surface area contributed by atoms with Crippen LogP contribution in [0.3, 0.4) is 0 Å². The van der Waals surface area contributed by atoms with Crippen molar-refractivity contribution in [3.63, 3.8) is 0 Å². The highest BCUT2D eigenvalue weighted by Gasteiger charge is 2.34. The molecule has 1 aromatic heterocycles. The van der Waals surface area contributed by atoms with Gasteiger partial charge in [-0.05, 0) is 69.9 Å². The lowest BCUT2D eigenvalue weighted by atomic mass is 9.91. The van der Waals surface area contributed by atoms with Gasteiger partial charge in [0.25, 0.3) is 0 Å². The maximum atomic E-state index is 12.3. The first-order chi connectivity index (χ1) is 13.9. The average molecular weight is 424 g/mol. The minimum atomic E-state index is -4.74. The van der Waals surface area contributed by atoms with Gasteiger partial charge in [-0.1, -0.05) is 6.08 Å². The second-order valence-corrected chi connectivity index (χ2v) is 8.04. The Morgan fingerprint density at radius 2 is 1.90 bits per heavy atom. The fraction of sp³-hybridized carbons (Fsp3) is 0.450. The summed E-state index contributed by atoms with van der Waals surface area (Å²) in [5.74, 6) is 0.205. The Kier molecular flexibility index (Phi) is 5.78. The number of ether oxygens (including phenoxy) is 1. The molecule has 0 spiro atoms. The van der Waals surface area contributed by atoms with Crippen LogP contribution in [-0.2, 0) is 0 Å². The molecular formula is C20H23F3N4O3. The first-order valence-electron chi connectivity index (χ1n) is 9.43. The van der Waals surface area contributed by atoms with Crippen molar-refractivity contribution in [1.29, 1.82) is 0 Å². The largest absolute Gasteiger partial charge is 0.573 e. The van der Waals surface area contributed by atoms with Gasteiger partial charge in [-0.15, -0.1) is 18.3 Å². The molecule has 0 saturated heterocycles. The minimum absolute atomic E-state index is 0.116.